The van der Waals surface area contributed by atoms with Crippen molar-refractivity contribution in [3.05, 3.63) is 0 Å². The van der Waals surface area contributed by atoms with Crippen molar-refractivity contribution in [1.82, 2.24) is 4.90 Å². The van der Waals surface area contributed by atoms with Crippen LogP contribution in [0.25, 0.3) is 0 Å². The Bertz CT molecular complexity index is 219. The molecule has 0 heterocycles. The van der Waals surface area contributed by atoms with Crippen molar-refractivity contribution in [1.29, 1.82) is 0 Å². The van der Waals surface area contributed by atoms with E-state index in [1.165, 1.54) is 0 Å². The zero-order chi connectivity index (χ0) is 13.4. The Morgan fingerprint density at radius 3 is 2.29 bits per heavy atom. The van der Waals surface area contributed by atoms with Crippen LogP contribution < -0.4 is 5.73 Å². The predicted octanol–water partition coefficient (Wildman–Crippen LogP) is 1.49. The molecule has 2 unspecified atom stereocenters. The topological polar surface area (TPSA) is 55.6 Å². The summed E-state index contributed by atoms with van der Waals surface area (Å²) in [4.78, 5) is 14.3. The highest BCUT2D eigenvalue weighted by molar-refractivity contribution is 5.79. The lowest BCUT2D eigenvalue weighted by molar-refractivity contribution is -0.139. The van der Waals surface area contributed by atoms with E-state index >= 15 is 0 Å². The third-order valence-corrected chi connectivity index (χ3v) is 3.32. The summed E-state index contributed by atoms with van der Waals surface area (Å²) in [6.07, 6.45) is 0.949. The summed E-state index contributed by atoms with van der Waals surface area (Å²) < 4.78 is 5.07. The maximum absolute atomic E-state index is 12.4. The van der Waals surface area contributed by atoms with Gasteiger partial charge < -0.3 is 15.4 Å². The van der Waals surface area contributed by atoms with Gasteiger partial charge in [-0.3, -0.25) is 4.79 Å². The average Bonchev–Trinajstić information content (AvgIpc) is 2.29. The number of rotatable bonds is 8. The van der Waals surface area contributed by atoms with Gasteiger partial charge in [-0.15, -0.1) is 0 Å². The van der Waals surface area contributed by atoms with Gasteiger partial charge in [0, 0.05) is 26.2 Å². The smallest absolute Gasteiger partial charge is 0.227 e. The van der Waals surface area contributed by atoms with Gasteiger partial charge >= 0.3 is 0 Å². The second-order valence-electron chi connectivity index (χ2n) is 4.87. The highest BCUT2D eigenvalue weighted by Crippen LogP contribution is 2.16. The first-order valence-electron chi connectivity index (χ1n) is 6.48. The molecule has 4 nitrogen and oxygen atoms in total. The van der Waals surface area contributed by atoms with Crippen LogP contribution in [0.15, 0.2) is 0 Å². The minimum absolute atomic E-state index is 0.0825. The van der Waals surface area contributed by atoms with Crippen molar-refractivity contribution >= 4 is 5.91 Å². The normalized spacial score (nSPS) is 14.8. The number of nitrogens with two attached hydrogens (primary N) is 1. The Kier molecular flexibility index (Phi) is 8.17. The molecule has 0 aromatic carbocycles. The van der Waals surface area contributed by atoms with E-state index in [1.54, 1.807) is 7.11 Å². The van der Waals surface area contributed by atoms with Crippen molar-refractivity contribution in [3.8, 4) is 0 Å². The summed E-state index contributed by atoms with van der Waals surface area (Å²) in [6.45, 7) is 9.88. The molecule has 0 rings (SSSR count). The second-order valence-corrected chi connectivity index (χ2v) is 4.87. The molecule has 0 aliphatic rings. The summed E-state index contributed by atoms with van der Waals surface area (Å²) >= 11 is 0. The lowest BCUT2D eigenvalue weighted by atomic mass is 9.93. The minimum Gasteiger partial charge on any atom is -0.383 e. The van der Waals surface area contributed by atoms with Gasteiger partial charge in [-0.25, -0.2) is 0 Å². The third kappa shape index (κ3) is 5.04. The number of hydrogen-bond donors (Lipinski definition) is 1. The van der Waals surface area contributed by atoms with E-state index in [2.05, 4.69) is 13.8 Å². The molecule has 0 saturated heterocycles. The van der Waals surface area contributed by atoms with Crippen molar-refractivity contribution in [2.24, 2.45) is 17.6 Å². The molecule has 0 bridgehead atoms. The first kappa shape index (κ1) is 16.4. The maximum atomic E-state index is 12.4. The van der Waals surface area contributed by atoms with Crippen LogP contribution >= 0.6 is 0 Å². The SMILES string of the molecule is CCC(C)N(CCOC)C(=O)C(CN)C(C)C. The molecule has 0 fully saturated rings. The molecule has 0 spiro atoms. The Morgan fingerprint density at radius 2 is 1.94 bits per heavy atom. The van der Waals surface area contributed by atoms with E-state index in [1.807, 2.05) is 18.7 Å². The fourth-order valence-corrected chi connectivity index (χ4v) is 1.83. The first-order chi connectivity index (χ1) is 7.99. The molecule has 2 atom stereocenters. The number of carbonyl (C=O) groups is 1. The maximum Gasteiger partial charge on any atom is 0.227 e. The van der Waals surface area contributed by atoms with E-state index < -0.39 is 0 Å². The highest BCUT2D eigenvalue weighted by Gasteiger charge is 2.27. The summed E-state index contributed by atoms with van der Waals surface area (Å²) in [5.41, 5.74) is 5.70. The molecule has 0 aromatic rings. The van der Waals surface area contributed by atoms with E-state index in [4.69, 9.17) is 10.5 Å². The fraction of sp³-hybridized carbons (Fsp3) is 0.923. The molecule has 102 valence electrons. The minimum atomic E-state index is -0.0825. The lowest BCUT2D eigenvalue weighted by Crippen LogP contribution is -2.47. The van der Waals surface area contributed by atoms with Gasteiger partial charge in [-0.1, -0.05) is 20.8 Å². The summed E-state index contributed by atoms with van der Waals surface area (Å²) in [5, 5.41) is 0. The van der Waals surface area contributed by atoms with Gasteiger partial charge in [0.15, 0.2) is 0 Å². The second kappa shape index (κ2) is 8.48. The van der Waals surface area contributed by atoms with Gasteiger partial charge in [0.1, 0.15) is 0 Å². The van der Waals surface area contributed by atoms with E-state index in [-0.39, 0.29) is 23.8 Å². The third-order valence-electron chi connectivity index (χ3n) is 3.32. The standard InChI is InChI=1S/C13H28N2O2/c1-6-11(4)15(7-8-17-5)13(16)12(9-14)10(2)3/h10-12H,6-9,14H2,1-5H3. The van der Waals surface area contributed by atoms with Gasteiger partial charge in [0.05, 0.1) is 12.5 Å². The van der Waals surface area contributed by atoms with Crippen LogP contribution in [0.5, 0.6) is 0 Å². The van der Waals surface area contributed by atoms with Crippen LogP contribution in [0.4, 0.5) is 0 Å². The molecule has 1 amide bonds. The van der Waals surface area contributed by atoms with Crippen molar-refractivity contribution < 1.29 is 9.53 Å². The molecular weight excluding hydrogens is 216 g/mol. The molecule has 0 aliphatic carbocycles. The van der Waals surface area contributed by atoms with E-state index in [0.29, 0.717) is 19.7 Å². The van der Waals surface area contributed by atoms with Crippen LogP contribution in [0, 0.1) is 11.8 Å². The molecule has 17 heavy (non-hydrogen) atoms. The molecule has 0 aliphatic heterocycles. The van der Waals surface area contributed by atoms with Crippen LogP contribution in [0.2, 0.25) is 0 Å². The van der Waals surface area contributed by atoms with Crippen LogP contribution in [0.1, 0.15) is 34.1 Å². The van der Waals surface area contributed by atoms with Gasteiger partial charge in [0.2, 0.25) is 5.91 Å². The number of amides is 1. The summed E-state index contributed by atoms with van der Waals surface area (Å²) in [6, 6.07) is 0.241. The quantitative estimate of drug-likeness (QED) is 0.704. The Morgan fingerprint density at radius 1 is 1.35 bits per heavy atom. The average molecular weight is 244 g/mol. The van der Waals surface area contributed by atoms with Crippen LogP contribution in [-0.4, -0.2) is 43.7 Å². The van der Waals surface area contributed by atoms with Gasteiger partial charge in [0.25, 0.3) is 0 Å². The number of carbonyl (C=O) groups excluding carboxylic acids is 1. The lowest BCUT2D eigenvalue weighted by Gasteiger charge is -2.33. The molecule has 2 N–H and O–H groups in total. The first-order valence-corrected chi connectivity index (χ1v) is 6.48. The molecule has 0 radical (unpaired) electrons. The van der Waals surface area contributed by atoms with E-state index in [0.717, 1.165) is 6.42 Å². The van der Waals surface area contributed by atoms with Gasteiger partial charge in [-0.2, -0.15) is 0 Å². The largest absolute Gasteiger partial charge is 0.383 e. The zero-order valence-corrected chi connectivity index (χ0v) is 11.9. The number of ether oxygens (including phenoxy) is 1. The highest BCUT2D eigenvalue weighted by atomic mass is 16.5. The zero-order valence-electron chi connectivity index (χ0n) is 11.9. The number of nitrogens with zero attached hydrogens (tertiary/aromatic N) is 1. The van der Waals surface area contributed by atoms with Crippen molar-refractivity contribution in [2.75, 3.05) is 26.8 Å². The monoisotopic (exact) mass is 244 g/mol. The Balaban J connectivity index is 4.70. The molecular formula is C13H28N2O2. The summed E-state index contributed by atoms with van der Waals surface area (Å²) in [5.74, 6) is 0.358. The molecule has 0 saturated carbocycles. The molecule has 0 aromatic heterocycles. The fourth-order valence-electron chi connectivity index (χ4n) is 1.83. The Labute approximate surface area is 105 Å². The Hall–Kier alpha value is -0.610. The van der Waals surface area contributed by atoms with Crippen LogP contribution in [-0.2, 0) is 9.53 Å². The van der Waals surface area contributed by atoms with E-state index in [9.17, 15) is 4.79 Å². The predicted molar refractivity (Wildman–Crippen MR) is 70.7 cm³/mol. The molecule has 4 heteroatoms. The number of methoxy groups -OCH3 is 1. The van der Waals surface area contributed by atoms with Crippen LogP contribution in [0.3, 0.4) is 0 Å². The van der Waals surface area contributed by atoms with Crippen molar-refractivity contribution in [2.45, 2.75) is 40.2 Å². The van der Waals surface area contributed by atoms with Gasteiger partial charge in [-0.05, 0) is 19.3 Å². The van der Waals surface area contributed by atoms with Crippen molar-refractivity contribution in [3.63, 3.8) is 0 Å². The number of hydrogen-bond acceptors (Lipinski definition) is 3. The summed E-state index contributed by atoms with van der Waals surface area (Å²) in [7, 11) is 1.65.